The number of aliphatic imine (C=N–C) groups is 1. The molecule has 8 heteroatoms. The van der Waals surface area contributed by atoms with E-state index in [1.54, 1.807) is 11.8 Å². The van der Waals surface area contributed by atoms with Crippen LogP contribution in [0.2, 0.25) is 0 Å². The third-order valence-corrected chi connectivity index (χ3v) is 4.55. The summed E-state index contributed by atoms with van der Waals surface area (Å²) in [4.78, 5) is 34.4. The van der Waals surface area contributed by atoms with Crippen molar-refractivity contribution in [2.24, 2.45) is 4.99 Å². The van der Waals surface area contributed by atoms with Crippen molar-refractivity contribution >= 4 is 34.2 Å². The van der Waals surface area contributed by atoms with Gasteiger partial charge in [-0.3, -0.25) is 9.79 Å². The van der Waals surface area contributed by atoms with Gasteiger partial charge in [0.05, 0.1) is 12.2 Å². The molecule has 2 aliphatic heterocycles. The molecule has 1 amide bonds. The first-order valence-electron chi connectivity index (χ1n) is 7.09. The van der Waals surface area contributed by atoms with Crippen molar-refractivity contribution in [2.45, 2.75) is 0 Å². The average Bonchev–Trinajstić information content (AvgIpc) is 3.24. The lowest BCUT2D eigenvalue weighted by molar-refractivity contribution is 0.102. The molecular weight excluding hydrogens is 314 g/mol. The number of amides is 1. The van der Waals surface area contributed by atoms with E-state index in [0.29, 0.717) is 5.69 Å². The second-order valence-corrected chi connectivity index (χ2v) is 5.96. The maximum atomic E-state index is 12.0. The van der Waals surface area contributed by atoms with Crippen molar-refractivity contribution in [1.82, 2.24) is 14.9 Å². The van der Waals surface area contributed by atoms with E-state index in [1.165, 1.54) is 6.20 Å². The van der Waals surface area contributed by atoms with Crippen molar-refractivity contribution in [3.8, 4) is 0 Å². The van der Waals surface area contributed by atoms with Crippen molar-refractivity contribution in [1.29, 1.82) is 0 Å². The van der Waals surface area contributed by atoms with Gasteiger partial charge in [-0.05, 0) is 17.7 Å². The Hall–Kier alpha value is -2.74. The SMILES string of the molecule is O=C(Nc1ccc(C2=CSC3=NCCN23)cc1)c1c[nH]c(=O)[nH]1. The summed E-state index contributed by atoms with van der Waals surface area (Å²) in [6.07, 6.45) is 1.35. The number of thioether (sulfide) groups is 1. The molecule has 1 aromatic carbocycles. The van der Waals surface area contributed by atoms with Gasteiger partial charge in [0.15, 0.2) is 5.17 Å². The Kier molecular flexibility index (Phi) is 3.30. The van der Waals surface area contributed by atoms with E-state index in [1.807, 2.05) is 24.3 Å². The minimum Gasteiger partial charge on any atom is -0.321 e. The molecule has 3 heterocycles. The van der Waals surface area contributed by atoms with Crippen LogP contribution in [-0.4, -0.2) is 39.0 Å². The fraction of sp³-hybridized carbons (Fsp3) is 0.133. The summed E-state index contributed by atoms with van der Waals surface area (Å²) in [5.74, 6) is -0.360. The third-order valence-electron chi connectivity index (χ3n) is 3.65. The van der Waals surface area contributed by atoms with Gasteiger partial charge in [-0.15, -0.1) is 0 Å². The van der Waals surface area contributed by atoms with E-state index in [0.717, 1.165) is 29.5 Å². The molecule has 0 bridgehead atoms. The monoisotopic (exact) mass is 327 g/mol. The molecule has 4 rings (SSSR count). The van der Waals surface area contributed by atoms with E-state index in [-0.39, 0.29) is 11.6 Å². The molecule has 116 valence electrons. The zero-order valence-electron chi connectivity index (χ0n) is 12.0. The van der Waals surface area contributed by atoms with Gasteiger partial charge in [-0.1, -0.05) is 23.9 Å². The molecule has 2 aliphatic rings. The van der Waals surface area contributed by atoms with Gasteiger partial charge in [0.1, 0.15) is 5.69 Å². The van der Waals surface area contributed by atoms with Crippen LogP contribution in [0.1, 0.15) is 16.1 Å². The lowest BCUT2D eigenvalue weighted by atomic mass is 10.1. The Labute approximate surface area is 135 Å². The number of hydrogen-bond donors (Lipinski definition) is 3. The topological polar surface area (TPSA) is 93.3 Å². The van der Waals surface area contributed by atoms with Gasteiger partial charge >= 0.3 is 5.69 Å². The van der Waals surface area contributed by atoms with Crippen LogP contribution in [-0.2, 0) is 0 Å². The maximum Gasteiger partial charge on any atom is 0.323 e. The van der Waals surface area contributed by atoms with Crippen LogP contribution in [0.15, 0.2) is 45.7 Å². The molecule has 0 unspecified atom stereocenters. The van der Waals surface area contributed by atoms with Gasteiger partial charge in [-0.25, -0.2) is 4.79 Å². The summed E-state index contributed by atoms with van der Waals surface area (Å²) < 4.78 is 0. The number of rotatable bonds is 3. The zero-order chi connectivity index (χ0) is 15.8. The minimum absolute atomic E-state index is 0.201. The molecule has 0 spiro atoms. The summed E-state index contributed by atoms with van der Waals surface area (Å²) in [6, 6.07) is 7.61. The summed E-state index contributed by atoms with van der Waals surface area (Å²) >= 11 is 1.64. The summed E-state index contributed by atoms with van der Waals surface area (Å²) in [5, 5.41) is 5.89. The number of carbonyl (C=O) groups excluding carboxylic acids is 1. The van der Waals surface area contributed by atoms with Gasteiger partial charge < -0.3 is 20.2 Å². The molecule has 7 nitrogen and oxygen atoms in total. The number of anilines is 1. The first kappa shape index (κ1) is 13.9. The van der Waals surface area contributed by atoms with E-state index in [4.69, 9.17) is 0 Å². The number of H-pyrrole nitrogens is 2. The van der Waals surface area contributed by atoms with Crippen LogP contribution in [0.4, 0.5) is 5.69 Å². The van der Waals surface area contributed by atoms with E-state index >= 15 is 0 Å². The number of nitrogens with zero attached hydrogens (tertiary/aromatic N) is 2. The van der Waals surface area contributed by atoms with E-state index in [9.17, 15) is 9.59 Å². The van der Waals surface area contributed by atoms with Crippen LogP contribution in [0.25, 0.3) is 5.70 Å². The number of carbonyl (C=O) groups is 1. The first-order chi connectivity index (χ1) is 11.2. The Balaban J connectivity index is 1.49. The largest absolute Gasteiger partial charge is 0.323 e. The van der Waals surface area contributed by atoms with Crippen LogP contribution in [0, 0.1) is 0 Å². The highest BCUT2D eigenvalue weighted by Crippen LogP contribution is 2.35. The number of nitrogens with one attached hydrogen (secondary N) is 3. The molecule has 2 aromatic rings. The quantitative estimate of drug-likeness (QED) is 0.799. The number of imidazole rings is 1. The normalized spacial score (nSPS) is 16.1. The van der Waals surface area contributed by atoms with Crippen LogP contribution >= 0.6 is 11.8 Å². The van der Waals surface area contributed by atoms with E-state index < -0.39 is 5.69 Å². The molecule has 23 heavy (non-hydrogen) atoms. The average molecular weight is 327 g/mol. The second-order valence-electron chi connectivity index (χ2n) is 5.12. The second kappa shape index (κ2) is 5.47. The Morgan fingerprint density at radius 1 is 1.30 bits per heavy atom. The fourth-order valence-corrected chi connectivity index (χ4v) is 3.49. The Morgan fingerprint density at radius 3 is 2.87 bits per heavy atom. The number of aromatic nitrogens is 2. The molecule has 0 fully saturated rings. The van der Waals surface area contributed by atoms with Crippen molar-refractivity contribution < 1.29 is 4.79 Å². The van der Waals surface area contributed by atoms with Crippen molar-refractivity contribution in [3.05, 3.63) is 57.6 Å². The third kappa shape index (κ3) is 2.57. The molecule has 0 aliphatic carbocycles. The minimum atomic E-state index is -0.403. The van der Waals surface area contributed by atoms with Gasteiger partial charge in [0.2, 0.25) is 0 Å². The van der Waals surface area contributed by atoms with Crippen molar-refractivity contribution in [3.63, 3.8) is 0 Å². The molecule has 0 radical (unpaired) electrons. The Bertz CT molecular complexity index is 878. The lowest BCUT2D eigenvalue weighted by Crippen LogP contribution is -2.19. The molecule has 0 saturated carbocycles. The number of benzene rings is 1. The maximum absolute atomic E-state index is 12.0. The predicted molar refractivity (Wildman–Crippen MR) is 90.4 cm³/mol. The van der Waals surface area contributed by atoms with Crippen LogP contribution in [0.5, 0.6) is 0 Å². The summed E-state index contributed by atoms with van der Waals surface area (Å²) in [6.45, 7) is 1.75. The molecule has 3 N–H and O–H groups in total. The molecular formula is C15H13N5O2S. The van der Waals surface area contributed by atoms with Gasteiger partial charge in [-0.2, -0.15) is 0 Å². The number of fused-ring (bicyclic) bond motifs is 1. The number of aromatic amines is 2. The predicted octanol–water partition coefficient (Wildman–Crippen LogP) is 1.67. The summed E-state index contributed by atoms with van der Waals surface area (Å²) in [7, 11) is 0. The highest BCUT2D eigenvalue weighted by atomic mass is 32.2. The number of amidine groups is 1. The van der Waals surface area contributed by atoms with Crippen LogP contribution < -0.4 is 11.0 Å². The zero-order valence-corrected chi connectivity index (χ0v) is 12.8. The molecule has 1 aromatic heterocycles. The smallest absolute Gasteiger partial charge is 0.321 e. The van der Waals surface area contributed by atoms with Gasteiger partial charge in [0, 0.05) is 23.8 Å². The van der Waals surface area contributed by atoms with Crippen LogP contribution in [0.3, 0.4) is 0 Å². The molecule has 0 saturated heterocycles. The number of hydrogen-bond acceptors (Lipinski definition) is 5. The summed E-state index contributed by atoms with van der Waals surface area (Å²) in [5.41, 5.74) is 2.69. The van der Waals surface area contributed by atoms with Crippen molar-refractivity contribution in [2.75, 3.05) is 18.4 Å². The highest BCUT2D eigenvalue weighted by Gasteiger charge is 2.26. The standard InChI is InChI=1S/C15H13N5O2S/c21-13(11-7-17-14(22)19-11)18-10-3-1-9(2-4-10)12-8-23-15-16-5-6-20(12)15/h1-4,7-8H,5-6H2,(H,18,21)(H2,17,19,22). The Morgan fingerprint density at radius 2 is 2.13 bits per heavy atom. The lowest BCUT2D eigenvalue weighted by Gasteiger charge is -2.16. The van der Waals surface area contributed by atoms with E-state index in [2.05, 4.69) is 30.6 Å². The fourth-order valence-electron chi connectivity index (χ4n) is 2.52. The molecule has 0 atom stereocenters. The highest BCUT2D eigenvalue weighted by molar-refractivity contribution is 8.16. The first-order valence-corrected chi connectivity index (χ1v) is 7.97. The van der Waals surface area contributed by atoms with Gasteiger partial charge in [0.25, 0.3) is 5.91 Å².